The summed E-state index contributed by atoms with van der Waals surface area (Å²) in [5.41, 5.74) is 2.89. The maximum atomic E-state index is 13.8. The van der Waals surface area contributed by atoms with E-state index < -0.39 is 26.7 Å². The Hall–Kier alpha value is -1.80. The molecular weight excluding hydrogens is 492 g/mol. The van der Waals surface area contributed by atoms with Gasteiger partial charge in [-0.05, 0) is 45.6 Å². The summed E-state index contributed by atoms with van der Waals surface area (Å²) in [6.07, 6.45) is 1.95. The zero-order valence-electron chi connectivity index (χ0n) is 18.3. The van der Waals surface area contributed by atoms with Gasteiger partial charge in [-0.3, -0.25) is 4.98 Å². The number of hydroxylamine groups is 1. The van der Waals surface area contributed by atoms with Gasteiger partial charge in [0, 0.05) is 48.8 Å². The zero-order chi connectivity index (χ0) is 23.2. The Bertz CT molecular complexity index is 1040. The Morgan fingerprint density at radius 1 is 1.22 bits per heavy atom. The van der Waals surface area contributed by atoms with Crippen LogP contribution in [0.4, 0.5) is 0 Å². The topological polar surface area (TPSA) is 94.6 Å². The number of hydrogen-bond acceptors (Lipinski definition) is 6. The van der Waals surface area contributed by atoms with Crippen LogP contribution in [-0.2, 0) is 10.0 Å². The molecule has 0 radical (unpaired) electrons. The lowest BCUT2D eigenvalue weighted by atomic mass is 9.79. The number of pyridine rings is 1. The van der Waals surface area contributed by atoms with Gasteiger partial charge in [-0.25, -0.2) is 13.9 Å². The van der Waals surface area contributed by atoms with Gasteiger partial charge in [0.25, 0.3) is 0 Å². The molecule has 1 aromatic carbocycles. The summed E-state index contributed by atoms with van der Waals surface area (Å²) in [6.45, 7) is 5.73. The minimum Gasteiger partial charge on any atom is -0.316 e. The summed E-state index contributed by atoms with van der Waals surface area (Å²) < 4.78 is 29.8. The molecule has 172 valence electrons. The van der Waals surface area contributed by atoms with Gasteiger partial charge in [0.15, 0.2) is 0 Å². The van der Waals surface area contributed by atoms with E-state index in [9.17, 15) is 13.6 Å². The van der Waals surface area contributed by atoms with E-state index in [1.54, 1.807) is 18.3 Å². The van der Waals surface area contributed by atoms with Gasteiger partial charge in [0.05, 0.1) is 11.7 Å². The summed E-state index contributed by atoms with van der Waals surface area (Å²) in [7, 11) is -3.82. The van der Waals surface area contributed by atoms with Gasteiger partial charge in [0.1, 0.15) is 5.25 Å². The summed E-state index contributed by atoms with van der Waals surface area (Å²) >= 11 is 3.36. The molecule has 2 aromatic rings. The van der Waals surface area contributed by atoms with Crippen LogP contribution in [0.5, 0.6) is 0 Å². The Morgan fingerprint density at radius 2 is 1.91 bits per heavy atom. The molecule has 1 fully saturated rings. The monoisotopic (exact) mass is 520 g/mol. The molecule has 2 unspecified atom stereocenters. The van der Waals surface area contributed by atoms with E-state index in [2.05, 4.69) is 43.6 Å². The highest BCUT2D eigenvalue weighted by Gasteiger charge is 2.46. The van der Waals surface area contributed by atoms with Crippen LogP contribution in [0.25, 0.3) is 0 Å². The third kappa shape index (κ3) is 5.95. The van der Waals surface area contributed by atoms with Crippen LogP contribution in [0.1, 0.15) is 36.8 Å². The van der Waals surface area contributed by atoms with Gasteiger partial charge in [-0.2, -0.15) is 4.31 Å². The van der Waals surface area contributed by atoms with E-state index in [0.717, 1.165) is 10.0 Å². The van der Waals surface area contributed by atoms with E-state index in [0.29, 0.717) is 38.3 Å². The van der Waals surface area contributed by atoms with Crippen LogP contribution in [0.2, 0.25) is 0 Å². The quantitative estimate of drug-likeness (QED) is 0.383. The lowest BCUT2D eigenvalue weighted by molar-refractivity contribution is 0.0614. The predicted octanol–water partition coefficient (Wildman–Crippen LogP) is 2.94. The molecule has 2 atom stereocenters. The second-order valence-corrected chi connectivity index (χ2v) is 11.4. The Labute approximate surface area is 198 Å². The second-order valence-electron chi connectivity index (χ2n) is 8.46. The van der Waals surface area contributed by atoms with Crippen molar-refractivity contribution < 1.29 is 13.6 Å². The number of hydrogen-bond donors (Lipinski definition) is 3. The van der Waals surface area contributed by atoms with Gasteiger partial charge < -0.3 is 10.5 Å². The Balaban J connectivity index is 1.97. The number of nitrogens with one attached hydrogen (secondary N) is 2. The van der Waals surface area contributed by atoms with Crippen molar-refractivity contribution in [2.24, 2.45) is 5.41 Å². The van der Waals surface area contributed by atoms with Crippen molar-refractivity contribution in [1.29, 1.82) is 0 Å². The smallest absolute Gasteiger partial charge is 0.224 e. The summed E-state index contributed by atoms with van der Waals surface area (Å²) in [5.74, 6) is 6.27. The van der Waals surface area contributed by atoms with Crippen molar-refractivity contribution >= 4 is 26.0 Å². The van der Waals surface area contributed by atoms with E-state index in [-0.39, 0.29) is 0 Å². The lowest BCUT2D eigenvalue weighted by Gasteiger charge is -2.39. The van der Waals surface area contributed by atoms with Crippen molar-refractivity contribution in [1.82, 2.24) is 20.1 Å². The Morgan fingerprint density at radius 3 is 2.50 bits per heavy atom. The molecule has 0 amide bonds. The number of rotatable bonds is 7. The molecule has 1 aliphatic heterocycles. The summed E-state index contributed by atoms with van der Waals surface area (Å²) in [6, 6.07) is 12.2. The molecule has 3 rings (SSSR count). The van der Waals surface area contributed by atoms with Gasteiger partial charge in [0.2, 0.25) is 10.0 Å². The number of benzene rings is 1. The zero-order valence-corrected chi connectivity index (χ0v) is 20.7. The summed E-state index contributed by atoms with van der Waals surface area (Å²) in [5, 5.41) is 12.3. The van der Waals surface area contributed by atoms with Crippen molar-refractivity contribution in [2.45, 2.75) is 31.6 Å². The molecule has 1 aliphatic rings. The first kappa shape index (κ1) is 24.8. The first-order valence-corrected chi connectivity index (χ1v) is 12.8. The van der Waals surface area contributed by atoms with Gasteiger partial charge >= 0.3 is 0 Å². The van der Waals surface area contributed by atoms with Crippen molar-refractivity contribution in [2.75, 3.05) is 26.2 Å². The molecule has 1 saturated heterocycles. The third-order valence-corrected chi connectivity index (χ3v) is 8.34. The molecule has 7 nitrogen and oxygen atoms in total. The molecule has 9 heteroatoms. The largest absolute Gasteiger partial charge is 0.316 e. The Kier molecular flexibility index (Phi) is 8.44. The highest BCUT2D eigenvalue weighted by atomic mass is 79.9. The number of piperazine rings is 1. The average Bonchev–Trinajstić information content (AvgIpc) is 2.79. The molecule has 1 aromatic heterocycles. The fourth-order valence-corrected chi connectivity index (χ4v) is 6.23. The minimum absolute atomic E-state index is 0.377. The number of sulfonamides is 1. The first-order chi connectivity index (χ1) is 15.3. The standard InChI is InChI=1S/C23H29BrN4O3S/c1-23(2,12-6-9-18-7-4-3-5-8-18)22(27-29)21(20-11-10-19(24)17-26-20)32(30,31)28-15-13-25-14-16-28/h3-5,7-8,10-11,17,21-22,25,27,29H,12-16H2,1-2H3. The van der Waals surface area contributed by atoms with Crippen LogP contribution < -0.4 is 10.8 Å². The molecule has 2 heterocycles. The van der Waals surface area contributed by atoms with Gasteiger partial charge in [-0.15, -0.1) is 0 Å². The van der Waals surface area contributed by atoms with Crippen LogP contribution in [0, 0.1) is 17.3 Å². The van der Waals surface area contributed by atoms with Crippen molar-refractivity contribution in [3.8, 4) is 11.8 Å². The van der Waals surface area contributed by atoms with E-state index in [1.807, 2.05) is 44.2 Å². The molecule has 0 aliphatic carbocycles. The average molecular weight is 521 g/mol. The lowest BCUT2D eigenvalue weighted by Crippen LogP contribution is -2.54. The predicted molar refractivity (Wildman–Crippen MR) is 128 cm³/mol. The molecule has 32 heavy (non-hydrogen) atoms. The van der Waals surface area contributed by atoms with Crippen molar-refractivity contribution in [3.63, 3.8) is 0 Å². The summed E-state index contributed by atoms with van der Waals surface area (Å²) in [4.78, 5) is 4.39. The fourth-order valence-electron chi connectivity index (χ4n) is 3.77. The molecular formula is C23H29BrN4O3S. The number of aromatic nitrogens is 1. The van der Waals surface area contributed by atoms with Crippen LogP contribution in [0.3, 0.4) is 0 Å². The van der Waals surface area contributed by atoms with Gasteiger partial charge in [-0.1, -0.05) is 43.9 Å². The van der Waals surface area contributed by atoms with E-state index >= 15 is 0 Å². The highest BCUT2D eigenvalue weighted by molar-refractivity contribution is 9.10. The number of nitrogens with zero attached hydrogens (tertiary/aromatic N) is 2. The second kappa shape index (κ2) is 10.9. The maximum absolute atomic E-state index is 13.8. The van der Waals surface area contributed by atoms with E-state index in [1.165, 1.54) is 4.31 Å². The van der Waals surface area contributed by atoms with Crippen LogP contribution in [-0.4, -0.2) is 55.1 Å². The first-order valence-electron chi connectivity index (χ1n) is 10.5. The SMILES string of the molecule is CC(C)(CC#Cc1ccccc1)C(NO)C(c1ccc(Br)cn1)S(=O)(=O)N1CCNCC1. The van der Waals surface area contributed by atoms with Crippen LogP contribution in [0.15, 0.2) is 53.1 Å². The highest BCUT2D eigenvalue weighted by Crippen LogP contribution is 2.39. The fraction of sp³-hybridized carbons (Fsp3) is 0.435. The van der Waals surface area contributed by atoms with Crippen LogP contribution >= 0.6 is 15.9 Å². The van der Waals surface area contributed by atoms with Crippen molar-refractivity contribution in [3.05, 3.63) is 64.4 Å². The molecule has 0 saturated carbocycles. The third-order valence-electron chi connectivity index (χ3n) is 5.63. The molecule has 0 spiro atoms. The van der Waals surface area contributed by atoms with E-state index in [4.69, 9.17) is 0 Å². The number of halogens is 1. The normalized spacial score (nSPS) is 17.2. The maximum Gasteiger partial charge on any atom is 0.224 e. The molecule has 3 N–H and O–H groups in total. The molecule has 0 bridgehead atoms. The minimum atomic E-state index is -3.82.